The molecule has 1 amide bonds. The smallest absolute Gasteiger partial charge is 0.240 e. The number of fused-ring (bicyclic) bond motifs is 1. The van der Waals surface area contributed by atoms with Crippen LogP contribution in [0, 0.1) is 0 Å². The molecule has 1 fully saturated rings. The van der Waals surface area contributed by atoms with E-state index in [2.05, 4.69) is 14.9 Å². The number of piperidine rings is 1. The van der Waals surface area contributed by atoms with Crippen LogP contribution in [0.3, 0.4) is 0 Å². The third-order valence-electron chi connectivity index (χ3n) is 5.66. The van der Waals surface area contributed by atoms with Gasteiger partial charge >= 0.3 is 0 Å². The maximum atomic E-state index is 12.5. The number of amides is 1. The molecule has 0 spiro atoms. The molecule has 7 heteroatoms. The summed E-state index contributed by atoms with van der Waals surface area (Å²) in [6, 6.07) is 5.46. The predicted molar refractivity (Wildman–Crippen MR) is 111 cm³/mol. The molecule has 0 radical (unpaired) electrons. The van der Waals surface area contributed by atoms with E-state index in [0.717, 1.165) is 44.5 Å². The number of hydrogen-bond donors (Lipinski definition) is 2. The summed E-state index contributed by atoms with van der Waals surface area (Å²) >= 11 is 0. The Morgan fingerprint density at radius 3 is 2.54 bits per heavy atom. The van der Waals surface area contributed by atoms with E-state index in [1.165, 1.54) is 31.2 Å². The van der Waals surface area contributed by atoms with Gasteiger partial charge in [0, 0.05) is 25.6 Å². The minimum atomic E-state index is -3.58. The Balaban J connectivity index is 1.43. The van der Waals surface area contributed by atoms with Crippen LogP contribution in [-0.2, 0) is 27.7 Å². The molecule has 3 rings (SSSR count). The van der Waals surface area contributed by atoms with E-state index in [4.69, 9.17) is 0 Å². The Hall–Kier alpha value is -1.44. The number of sulfonamides is 1. The highest BCUT2D eigenvalue weighted by Crippen LogP contribution is 2.24. The molecule has 2 aliphatic rings. The highest BCUT2D eigenvalue weighted by atomic mass is 32.2. The maximum absolute atomic E-state index is 12.5. The summed E-state index contributed by atoms with van der Waals surface area (Å²) in [5.41, 5.74) is 2.39. The van der Waals surface area contributed by atoms with Crippen molar-refractivity contribution in [2.24, 2.45) is 0 Å². The molecule has 1 atom stereocenters. The minimum absolute atomic E-state index is 0.0721. The number of nitrogens with zero attached hydrogens (tertiary/aromatic N) is 1. The number of benzene rings is 1. The lowest BCUT2D eigenvalue weighted by molar-refractivity contribution is -0.121. The lowest BCUT2D eigenvalue weighted by atomic mass is 9.92. The fourth-order valence-electron chi connectivity index (χ4n) is 4.18. The molecular formula is C21H33N3O3S. The molecule has 0 bridgehead atoms. The number of rotatable bonds is 8. The van der Waals surface area contributed by atoms with E-state index in [-0.39, 0.29) is 24.9 Å². The van der Waals surface area contributed by atoms with Gasteiger partial charge in [-0.2, -0.15) is 0 Å². The van der Waals surface area contributed by atoms with E-state index < -0.39 is 10.0 Å². The van der Waals surface area contributed by atoms with Gasteiger partial charge < -0.3 is 10.2 Å². The average Bonchev–Trinajstić information content (AvgIpc) is 2.68. The highest BCUT2D eigenvalue weighted by Gasteiger charge is 2.19. The zero-order chi connectivity index (χ0) is 20.0. The molecule has 28 heavy (non-hydrogen) atoms. The first kappa shape index (κ1) is 21.3. The first-order valence-corrected chi connectivity index (χ1v) is 12.1. The van der Waals surface area contributed by atoms with Crippen molar-refractivity contribution in [1.29, 1.82) is 0 Å². The molecule has 1 aromatic carbocycles. The van der Waals surface area contributed by atoms with Gasteiger partial charge in [-0.25, -0.2) is 13.1 Å². The summed E-state index contributed by atoms with van der Waals surface area (Å²) in [4.78, 5) is 14.8. The van der Waals surface area contributed by atoms with Gasteiger partial charge in [-0.15, -0.1) is 0 Å². The van der Waals surface area contributed by atoms with Gasteiger partial charge in [-0.3, -0.25) is 4.79 Å². The zero-order valence-electron chi connectivity index (χ0n) is 16.9. The fourth-order valence-corrected chi connectivity index (χ4v) is 5.26. The van der Waals surface area contributed by atoms with E-state index in [1.54, 1.807) is 12.1 Å². The molecule has 6 nitrogen and oxygen atoms in total. The van der Waals surface area contributed by atoms with Crippen LogP contribution >= 0.6 is 0 Å². The third kappa shape index (κ3) is 6.03. The largest absolute Gasteiger partial charge is 0.352 e. The van der Waals surface area contributed by atoms with Gasteiger partial charge in [0.25, 0.3) is 0 Å². The molecule has 1 aliphatic heterocycles. The lowest BCUT2D eigenvalue weighted by Gasteiger charge is -2.29. The SMILES string of the molecule is CC(CN1CCCCC1)NC(=O)CCNS(=O)(=O)c1ccc2c(c1)CCCC2. The molecule has 1 heterocycles. The van der Waals surface area contributed by atoms with Crippen LogP contribution in [0.5, 0.6) is 0 Å². The van der Waals surface area contributed by atoms with Crippen molar-refractivity contribution < 1.29 is 13.2 Å². The van der Waals surface area contributed by atoms with Crippen LogP contribution in [0.1, 0.15) is 56.6 Å². The second kappa shape index (κ2) is 9.85. The zero-order valence-corrected chi connectivity index (χ0v) is 17.7. The van der Waals surface area contributed by atoms with E-state index >= 15 is 0 Å². The van der Waals surface area contributed by atoms with Crippen LogP contribution < -0.4 is 10.0 Å². The average molecular weight is 408 g/mol. The van der Waals surface area contributed by atoms with Crippen LogP contribution in [0.25, 0.3) is 0 Å². The number of carbonyl (C=O) groups excluding carboxylic acids is 1. The summed E-state index contributed by atoms with van der Waals surface area (Å²) in [7, 11) is -3.58. The van der Waals surface area contributed by atoms with Gasteiger partial charge in [0.2, 0.25) is 15.9 Å². The van der Waals surface area contributed by atoms with Crippen molar-refractivity contribution in [3.63, 3.8) is 0 Å². The Morgan fingerprint density at radius 2 is 1.79 bits per heavy atom. The van der Waals surface area contributed by atoms with Gasteiger partial charge in [0.1, 0.15) is 0 Å². The topological polar surface area (TPSA) is 78.5 Å². The normalized spacial score (nSPS) is 19.0. The van der Waals surface area contributed by atoms with Gasteiger partial charge in [-0.1, -0.05) is 12.5 Å². The van der Waals surface area contributed by atoms with Crippen molar-refractivity contribution in [2.45, 2.75) is 69.2 Å². The van der Waals surface area contributed by atoms with E-state index in [0.29, 0.717) is 4.90 Å². The molecule has 1 unspecified atom stereocenters. The van der Waals surface area contributed by atoms with Crippen LogP contribution in [-0.4, -0.2) is 51.4 Å². The number of hydrogen-bond acceptors (Lipinski definition) is 4. The number of nitrogens with one attached hydrogen (secondary N) is 2. The van der Waals surface area contributed by atoms with Crippen molar-refractivity contribution >= 4 is 15.9 Å². The second-order valence-electron chi connectivity index (χ2n) is 8.12. The molecule has 1 aromatic rings. The third-order valence-corrected chi connectivity index (χ3v) is 7.12. The fraction of sp³-hybridized carbons (Fsp3) is 0.667. The summed E-state index contributed by atoms with van der Waals surface area (Å²) in [5, 5.41) is 2.98. The lowest BCUT2D eigenvalue weighted by Crippen LogP contribution is -2.44. The highest BCUT2D eigenvalue weighted by molar-refractivity contribution is 7.89. The molecule has 2 N–H and O–H groups in total. The Kier molecular flexibility index (Phi) is 7.48. The molecule has 0 aromatic heterocycles. The van der Waals surface area contributed by atoms with E-state index in [9.17, 15) is 13.2 Å². The number of carbonyl (C=O) groups is 1. The Labute approximate surface area is 169 Å². The first-order chi connectivity index (χ1) is 13.4. The molecule has 1 aliphatic carbocycles. The standard InChI is InChI=1S/C21H33N3O3S/c1-17(16-24-13-5-2-6-14-24)23-21(25)11-12-22-28(26,27)20-10-9-18-7-3-4-8-19(18)15-20/h9-10,15,17,22H,2-8,11-14,16H2,1H3,(H,23,25). The quantitative estimate of drug-likeness (QED) is 0.693. The van der Waals surface area contributed by atoms with Gasteiger partial charge in [0.15, 0.2) is 0 Å². The van der Waals surface area contributed by atoms with Gasteiger partial charge in [-0.05, 0) is 81.8 Å². The van der Waals surface area contributed by atoms with Crippen molar-refractivity contribution in [1.82, 2.24) is 14.9 Å². The molecule has 156 valence electrons. The maximum Gasteiger partial charge on any atom is 0.240 e. The molecule has 0 saturated carbocycles. The van der Waals surface area contributed by atoms with Gasteiger partial charge in [0.05, 0.1) is 4.90 Å². The molecular weight excluding hydrogens is 374 g/mol. The Morgan fingerprint density at radius 1 is 1.07 bits per heavy atom. The summed E-state index contributed by atoms with van der Waals surface area (Å²) in [5.74, 6) is -0.113. The van der Waals surface area contributed by atoms with Crippen LogP contribution in [0.2, 0.25) is 0 Å². The molecule has 1 saturated heterocycles. The summed E-state index contributed by atoms with van der Waals surface area (Å²) in [6.45, 7) is 5.17. The second-order valence-corrected chi connectivity index (χ2v) is 9.88. The van der Waals surface area contributed by atoms with Crippen molar-refractivity contribution in [2.75, 3.05) is 26.2 Å². The number of likely N-dealkylation sites (tertiary alicyclic amines) is 1. The van der Waals surface area contributed by atoms with Crippen LogP contribution in [0.4, 0.5) is 0 Å². The van der Waals surface area contributed by atoms with Crippen LogP contribution in [0.15, 0.2) is 23.1 Å². The van der Waals surface area contributed by atoms with E-state index in [1.807, 2.05) is 13.0 Å². The summed E-state index contributed by atoms with van der Waals surface area (Å²) < 4.78 is 27.6. The first-order valence-electron chi connectivity index (χ1n) is 10.6. The monoisotopic (exact) mass is 407 g/mol. The van der Waals surface area contributed by atoms with Crippen molar-refractivity contribution in [3.05, 3.63) is 29.3 Å². The minimum Gasteiger partial charge on any atom is -0.352 e. The Bertz CT molecular complexity index is 773. The number of aryl methyl sites for hydroxylation is 2. The predicted octanol–water partition coefficient (Wildman–Crippen LogP) is 2.22. The van der Waals surface area contributed by atoms with Crippen molar-refractivity contribution in [3.8, 4) is 0 Å². The summed E-state index contributed by atoms with van der Waals surface area (Å²) in [6.07, 6.45) is 8.14.